The van der Waals surface area contributed by atoms with E-state index in [-0.39, 0.29) is 10.9 Å². The Labute approximate surface area is 128 Å². The molecular formula is C13H18INO3S. The summed E-state index contributed by atoms with van der Waals surface area (Å²) in [5, 5.41) is 0. The highest BCUT2D eigenvalue weighted by atomic mass is 127. The highest BCUT2D eigenvalue weighted by molar-refractivity contribution is 14.1. The fourth-order valence-electron chi connectivity index (χ4n) is 2.41. The van der Waals surface area contributed by atoms with Crippen LogP contribution in [0.4, 0.5) is 0 Å². The average molecular weight is 395 g/mol. The molecule has 0 aromatic heterocycles. The minimum Gasteiger partial charge on any atom is -0.495 e. The van der Waals surface area contributed by atoms with Gasteiger partial charge in [0.25, 0.3) is 0 Å². The van der Waals surface area contributed by atoms with Crippen LogP contribution in [-0.2, 0) is 10.0 Å². The van der Waals surface area contributed by atoms with Crippen LogP contribution >= 0.6 is 22.6 Å². The molecule has 2 rings (SSSR count). The highest BCUT2D eigenvalue weighted by Crippen LogP contribution is 2.31. The molecule has 1 aliphatic heterocycles. The third-order valence-electron chi connectivity index (χ3n) is 3.45. The van der Waals surface area contributed by atoms with Crippen molar-refractivity contribution in [3.63, 3.8) is 0 Å². The predicted octanol–water partition coefficient (Wildman–Crippen LogP) is 2.86. The van der Waals surface area contributed by atoms with Crippen molar-refractivity contribution in [2.75, 3.05) is 13.7 Å². The zero-order valence-corrected chi connectivity index (χ0v) is 14.1. The Kier molecular flexibility index (Phi) is 4.73. The van der Waals surface area contributed by atoms with E-state index in [2.05, 4.69) is 22.6 Å². The standard InChI is InChI=1S/C13H18INO3S/c1-10-5-3-4-8-15(10)19(16,17)13-9-11(14)6-7-12(13)18-2/h6-7,9-10H,3-5,8H2,1-2H3/t10-/m0/s1. The van der Waals surface area contributed by atoms with E-state index in [1.807, 2.05) is 13.0 Å². The van der Waals surface area contributed by atoms with E-state index in [4.69, 9.17) is 4.74 Å². The van der Waals surface area contributed by atoms with E-state index >= 15 is 0 Å². The van der Waals surface area contributed by atoms with Gasteiger partial charge in [-0.2, -0.15) is 4.31 Å². The van der Waals surface area contributed by atoms with Crippen LogP contribution in [0.3, 0.4) is 0 Å². The van der Waals surface area contributed by atoms with Gasteiger partial charge in [-0.3, -0.25) is 0 Å². The topological polar surface area (TPSA) is 46.6 Å². The van der Waals surface area contributed by atoms with Gasteiger partial charge in [0.05, 0.1) is 7.11 Å². The molecule has 1 aromatic rings. The molecule has 1 fully saturated rings. The second kappa shape index (κ2) is 5.97. The first-order chi connectivity index (χ1) is 8.96. The van der Waals surface area contributed by atoms with E-state index < -0.39 is 10.0 Å². The molecule has 1 aromatic carbocycles. The van der Waals surface area contributed by atoms with Crippen molar-refractivity contribution in [2.24, 2.45) is 0 Å². The van der Waals surface area contributed by atoms with Gasteiger partial charge in [0.15, 0.2) is 0 Å². The summed E-state index contributed by atoms with van der Waals surface area (Å²) in [6, 6.07) is 5.29. The van der Waals surface area contributed by atoms with Crippen LogP contribution in [0.1, 0.15) is 26.2 Å². The lowest BCUT2D eigenvalue weighted by Gasteiger charge is -2.32. The number of methoxy groups -OCH3 is 1. The summed E-state index contributed by atoms with van der Waals surface area (Å²) >= 11 is 2.12. The Bertz CT molecular complexity index is 559. The van der Waals surface area contributed by atoms with Crippen LogP contribution < -0.4 is 4.74 Å². The quantitative estimate of drug-likeness (QED) is 0.740. The van der Waals surface area contributed by atoms with Crippen molar-refractivity contribution < 1.29 is 13.2 Å². The monoisotopic (exact) mass is 395 g/mol. The third kappa shape index (κ3) is 3.05. The molecule has 1 aliphatic rings. The van der Waals surface area contributed by atoms with E-state index in [0.29, 0.717) is 12.3 Å². The molecule has 0 aliphatic carbocycles. The van der Waals surface area contributed by atoms with Gasteiger partial charge < -0.3 is 4.74 Å². The second-order valence-corrected chi connectivity index (χ2v) is 7.86. The lowest BCUT2D eigenvalue weighted by Crippen LogP contribution is -2.42. The Morgan fingerprint density at radius 1 is 1.37 bits per heavy atom. The van der Waals surface area contributed by atoms with Crippen molar-refractivity contribution in [1.29, 1.82) is 0 Å². The van der Waals surface area contributed by atoms with E-state index in [1.54, 1.807) is 16.4 Å². The van der Waals surface area contributed by atoms with Crippen molar-refractivity contribution in [2.45, 2.75) is 37.1 Å². The van der Waals surface area contributed by atoms with Gasteiger partial charge in [0.1, 0.15) is 10.6 Å². The number of ether oxygens (including phenoxy) is 1. The number of rotatable bonds is 3. The number of halogens is 1. The number of sulfonamides is 1. The first-order valence-electron chi connectivity index (χ1n) is 6.32. The maximum atomic E-state index is 12.8. The van der Waals surface area contributed by atoms with Crippen LogP contribution in [0.25, 0.3) is 0 Å². The zero-order valence-electron chi connectivity index (χ0n) is 11.1. The number of nitrogens with zero attached hydrogens (tertiary/aromatic N) is 1. The van der Waals surface area contributed by atoms with Gasteiger partial charge in [0.2, 0.25) is 10.0 Å². The summed E-state index contributed by atoms with van der Waals surface area (Å²) < 4.78 is 33.2. The summed E-state index contributed by atoms with van der Waals surface area (Å²) in [5.41, 5.74) is 0. The maximum Gasteiger partial charge on any atom is 0.247 e. The summed E-state index contributed by atoms with van der Waals surface area (Å²) in [6.45, 7) is 2.56. The first-order valence-corrected chi connectivity index (χ1v) is 8.84. The van der Waals surface area contributed by atoms with E-state index in [1.165, 1.54) is 7.11 Å². The predicted molar refractivity (Wildman–Crippen MR) is 82.9 cm³/mol. The number of benzene rings is 1. The van der Waals surface area contributed by atoms with Crippen molar-refractivity contribution in [3.8, 4) is 5.75 Å². The van der Waals surface area contributed by atoms with Crippen LogP contribution in [0.2, 0.25) is 0 Å². The normalized spacial score (nSPS) is 21.3. The molecule has 4 nitrogen and oxygen atoms in total. The Balaban J connectivity index is 2.46. The van der Waals surface area contributed by atoms with E-state index in [9.17, 15) is 8.42 Å². The van der Waals surface area contributed by atoms with Crippen LogP contribution in [-0.4, -0.2) is 32.4 Å². The van der Waals surface area contributed by atoms with Crippen molar-refractivity contribution in [1.82, 2.24) is 4.31 Å². The molecule has 0 radical (unpaired) electrons. The molecule has 0 N–H and O–H groups in total. The molecule has 1 atom stereocenters. The maximum absolute atomic E-state index is 12.8. The molecule has 0 spiro atoms. The number of hydrogen-bond donors (Lipinski definition) is 0. The molecule has 0 amide bonds. The minimum atomic E-state index is -3.47. The van der Waals surface area contributed by atoms with Crippen LogP contribution in [0, 0.1) is 3.57 Å². The molecular weight excluding hydrogens is 377 g/mol. The Morgan fingerprint density at radius 3 is 2.74 bits per heavy atom. The Morgan fingerprint density at radius 2 is 2.11 bits per heavy atom. The fourth-order valence-corrected chi connectivity index (χ4v) is 4.99. The molecule has 1 saturated heterocycles. The first kappa shape index (κ1) is 15.1. The smallest absolute Gasteiger partial charge is 0.247 e. The van der Waals surface area contributed by atoms with Gasteiger partial charge in [-0.05, 0) is 60.6 Å². The Hall–Kier alpha value is -0.340. The molecule has 0 bridgehead atoms. The van der Waals surface area contributed by atoms with Gasteiger partial charge in [-0.1, -0.05) is 6.42 Å². The summed E-state index contributed by atoms with van der Waals surface area (Å²) in [6.07, 6.45) is 2.94. The molecule has 6 heteroatoms. The molecule has 0 saturated carbocycles. The third-order valence-corrected chi connectivity index (χ3v) is 6.16. The SMILES string of the molecule is COc1ccc(I)cc1S(=O)(=O)N1CCCC[C@@H]1C. The van der Waals surface area contributed by atoms with Crippen molar-refractivity contribution >= 4 is 32.6 Å². The average Bonchev–Trinajstić information content (AvgIpc) is 2.39. The molecule has 0 unspecified atom stereocenters. The van der Waals surface area contributed by atoms with E-state index in [0.717, 1.165) is 22.8 Å². The summed E-state index contributed by atoms with van der Waals surface area (Å²) in [7, 11) is -1.97. The largest absolute Gasteiger partial charge is 0.495 e. The summed E-state index contributed by atoms with van der Waals surface area (Å²) in [4.78, 5) is 0.274. The highest BCUT2D eigenvalue weighted by Gasteiger charge is 2.33. The van der Waals surface area contributed by atoms with Gasteiger partial charge in [0, 0.05) is 16.2 Å². The second-order valence-electron chi connectivity index (χ2n) is 4.76. The van der Waals surface area contributed by atoms with Gasteiger partial charge >= 0.3 is 0 Å². The molecule has 1 heterocycles. The summed E-state index contributed by atoms with van der Waals surface area (Å²) in [5.74, 6) is 0.415. The molecule has 19 heavy (non-hydrogen) atoms. The zero-order chi connectivity index (χ0) is 14.0. The van der Waals surface area contributed by atoms with Gasteiger partial charge in [-0.15, -0.1) is 0 Å². The minimum absolute atomic E-state index is 0.0568. The fraction of sp³-hybridized carbons (Fsp3) is 0.538. The van der Waals surface area contributed by atoms with Crippen LogP contribution in [0.15, 0.2) is 23.1 Å². The lowest BCUT2D eigenvalue weighted by atomic mass is 10.1. The molecule has 106 valence electrons. The number of piperidine rings is 1. The van der Waals surface area contributed by atoms with Crippen LogP contribution in [0.5, 0.6) is 5.75 Å². The number of hydrogen-bond acceptors (Lipinski definition) is 3. The lowest BCUT2D eigenvalue weighted by molar-refractivity contribution is 0.267. The van der Waals surface area contributed by atoms with Crippen molar-refractivity contribution in [3.05, 3.63) is 21.8 Å². The van der Waals surface area contributed by atoms with Gasteiger partial charge in [-0.25, -0.2) is 8.42 Å².